The molecule has 4 heteroatoms. The second-order valence-electron chi connectivity index (χ2n) is 4.86. The van der Waals surface area contributed by atoms with E-state index in [1.807, 2.05) is 19.1 Å². The van der Waals surface area contributed by atoms with Gasteiger partial charge in [0.1, 0.15) is 11.5 Å². The maximum Gasteiger partial charge on any atom is 0.272 e. The molecule has 0 radical (unpaired) electrons. The summed E-state index contributed by atoms with van der Waals surface area (Å²) in [5, 5.41) is 0. The number of nitrogens with zero attached hydrogens (tertiary/aromatic N) is 2. The Bertz CT molecular complexity index is 471. The van der Waals surface area contributed by atoms with E-state index in [1.165, 1.54) is 0 Å². The third-order valence-electron chi connectivity index (χ3n) is 3.27. The van der Waals surface area contributed by atoms with Crippen LogP contribution in [0.5, 0.6) is 0 Å². The van der Waals surface area contributed by atoms with Gasteiger partial charge in [-0.25, -0.2) is 4.98 Å². The van der Waals surface area contributed by atoms with Gasteiger partial charge in [0.15, 0.2) is 0 Å². The first-order valence-electron chi connectivity index (χ1n) is 6.32. The molecule has 1 aromatic rings. The Morgan fingerprint density at radius 2 is 2.22 bits per heavy atom. The van der Waals surface area contributed by atoms with Crippen LogP contribution in [0.1, 0.15) is 42.4 Å². The molecule has 1 amide bonds. The average molecular weight is 246 g/mol. The first-order valence-corrected chi connectivity index (χ1v) is 6.32. The maximum atomic E-state index is 12.3. The summed E-state index contributed by atoms with van der Waals surface area (Å²) in [5.74, 6) is 0.0827. The summed E-state index contributed by atoms with van der Waals surface area (Å²) in [4.78, 5) is 29.6. The number of carbonyl (C=O) groups is 2. The summed E-state index contributed by atoms with van der Waals surface area (Å²) < 4.78 is 0. The van der Waals surface area contributed by atoms with Gasteiger partial charge < -0.3 is 4.90 Å². The Morgan fingerprint density at radius 3 is 2.89 bits per heavy atom. The molecule has 1 aromatic heterocycles. The molecule has 1 saturated heterocycles. The van der Waals surface area contributed by atoms with Gasteiger partial charge in [0.05, 0.1) is 0 Å². The molecule has 2 rings (SSSR count). The van der Waals surface area contributed by atoms with Crippen LogP contribution in [0.3, 0.4) is 0 Å². The molecule has 0 spiro atoms. The van der Waals surface area contributed by atoms with Crippen LogP contribution in [0.25, 0.3) is 0 Å². The first-order chi connectivity index (χ1) is 8.58. The van der Waals surface area contributed by atoms with Crippen molar-refractivity contribution in [3.63, 3.8) is 0 Å². The van der Waals surface area contributed by atoms with Crippen molar-refractivity contribution in [2.24, 2.45) is 0 Å². The van der Waals surface area contributed by atoms with E-state index >= 15 is 0 Å². The fourth-order valence-corrected chi connectivity index (χ4v) is 2.46. The van der Waals surface area contributed by atoms with Crippen molar-refractivity contribution >= 4 is 11.7 Å². The Labute approximate surface area is 107 Å². The smallest absolute Gasteiger partial charge is 0.272 e. The lowest BCUT2D eigenvalue weighted by Gasteiger charge is -2.23. The van der Waals surface area contributed by atoms with Crippen LogP contribution in [0.4, 0.5) is 0 Å². The van der Waals surface area contributed by atoms with Gasteiger partial charge in [0.25, 0.3) is 5.91 Å². The van der Waals surface area contributed by atoms with Gasteiger partial charge in [0, 0.05) is 24.7 Å². The van der Waals surface area contributed by atoms with E-state index in [4.69, 9.17) is 0 Å². The highest BCUT2D eigenvalue weighted by Crippen LogP contribution is 2.22. The second-order valence-corrected chi connectivity index (χ2v) is 4.86. The minimum atomic E-state index is -0.0533. The third-order valence-corrected chi connectivity index (χ3v) is 3.27. The van der Waals surface area contributed by atoms with Gasteiger partial charge in [-0.1, -0.05) is 6.07 Å². The SMILES string of the molecule is CC(=O)CC1CCCN1C(=O)c1cccc(C)n1. The molecular weight excluding hydrogens is 228 g/mol. The summed E-state index contributed by atoms with van der Waals surface area (Å²) >= 11 is 0. The van der Waals surface area contributed by atoms with Gasteiger partial charge in [-0.15, -0.1) is 0 Å². The van der Waals surface area contributed by atoms with Crippen molar-refractivity contribution < 1.29 is 9.59 Å². The largest absolute Gasteiger partial charge is 0.334 e. The topological polar surface area (TPSA) is 50.3 Å². The molecule has 0 saturated carbocycles. The molecule has 1 atom stereocenters. The number of likely N-dealkylation sites (tertiary alicyclic amines) is 1. The molecule has 1 aliphatic heterocycles. The Hall–Kier alpha value is -1.71. The summed E-state index contributed by atoms with van der Waals surface area (Å²) in [6, 6.07) is 5.50. The minimum Gasteiger partial charge on any atom is -0.334 e. The van der Waals surface area contributed by atoms with Gasteiger partial charge in [-0.2, -0.15) is 0 Å². The summed E-state index contributed by atoms with van der Waals surface area (Å²) in [5.41, 5.74) is 1.31. The molecule has 1 aliphatic rings. The van der Waals surface area contributed by atoms with E-state index in [2.05, 4.69) is 4.98 Å². The van der Waals surface area contributed by atoms with Crippen molar-refractivity contribution in [2.75, 3.05) is 6.54 Å². The van der Waals surface area contributed by atoms with Gasteiger partial charge in [-0.3, -0.25) is 9.59 Å². The van der Waals surface area contributed by atoms with Crippen LogP contribution in [0.2, 0.25) is 0 Å². The van der Waals surface area contributed by atoms with Crippen LogP contribution < -0.4 is 0 Å². The predicted octanol–water partition coefficient (Wildman–Crippen LogP) is 1.97. The summed E-state index contributed by atoms with van der Waals surface area (Å²) in [7, 11) is 0. The van der Waals surface area contributed by atoms with E-state index in [1.54, 1.807) is 17.9 Å². The zero-order chi connectivity index (χ0) is 13.1. The zero-order valence-electron chi connectivity index (χ0n) is 10.8. The third kappa shape index (κ3) is 2.75. The monoisotopic (exact) mass is 246 g/mol. The van der Waals surface area contributed by atoms with Crippen molar-refractivity contribution in [2.45, 2.75) is 39.2 Å². The van der Waals surface area contributed by atoms with Crippen molar-refractivity contribution in [1.29, 1.82) is 0 Å². The van der Waals surface area contributed by atoms with E-state index in [0.717, 1.165) is 25.1 Å². The molecule has 0 bridgehead atoms. The number of hydrogen-bond donors (Lipinski definition) is 0. The van der Waals surface area contributed by atoms with Crippen LogP contribution in [-0.4, -0.2) is 34.2 Å². The molecule has 4 nitrogen and oxygen atoms in total. The lowest BCUT2D eigenvalue weighted by Crippen LogP contribution is -2.37. The number of aryl methyl sites for hydroxylation is 1. The Balaban J connectivity index is 2.15. The van der Waals surface area contributed by atoms with E-state index in [-0.39, 0.29) is 17.7 Å². The summed E-state index contributed by atoms with van der Waals surface area (Å²) in [6.45, 7) is 4.17. The minimum absolute atomic E-state index is 0.0531. The predicted molar refractivity (Wildman–Crippen MR) is 68.3 cm³/mol. The molecule has 1 unspecified atom stereocenters. The van der Waals surface area contributed by atoms with Crippen LogP contribution >= 0.6 is 0 Å². The lowest BCUT2D eigenvalue weighted by atomic mass is 10.1. The van der Waals surface area contributed by atoms with Gasteiger partial charge >= 0.3 is 0 Å². The Morgan fingerprint density at radius 1 is 1.44 bits per heavy atom. The van der Waals surface area contributed by atoms with E-state index in [0.29, 0.717) is 12.1 Å². The highest BCUT2D eigenvalue weighted by Gasteiger charge is 2.30. The van der Waals surface area contributed by atoms with E-state index < -0.39 is 0 Å². The summed E-state index contributed by atoms with van der Waals surface area (Å²) in [6.07, 6.45) is 2.34. The fourth-order valence-electron chi connectivity index (χ4n) is 2.46. The normalized spacial score (nSPS) is 19.0. The number of amides is 1. The number of aromatic nitrogens is 1. The Kier molecular flexibility index (Phi) is 3.75. The van der Waals surface area contributed by atoms with E-state index in [9.17, 15) is 9.59 Å². The van der Waals surface area contributed by atoms with Crippen molar-refractivity contribution in [3.05, 3.63) is 29.6 Å². The van der Waals surface area contributed by atoms with Gasteiger partial charge in [-0.05, 0) is 38.8 Å². The van der Waals surface area contributed by atoms with Crippen LogP contribution in [-0.2, 0) is 4.79 Å². The molecule has 2 heterocycles. The number of hydrogen-bond acceptors (Lipinski definition) is 3. The standard InChI is InChI=1S/C14H18N2O2/c1-10-5-3-7-13(15-10)14(18)16-8-4-6-12(16)9-11(2)17/h3,5,7,12H,4,6,8-9H2,1-2H3. The first kappa shape index (κ1) is 12.7. The number of Topliss-reactive ketones (excluding diaryl/α,β-unsaturated/α-hetero) is 1. The van der Waals surface area contributed by atoms with Crippen molar-refractivity contribution in [1.82, 2.24) is 9.88 Å². The average Bonchev–Trinajstić information content (AvgIpc) is 2.75. The van der Waals surface area contributed by atoms with Gasteiger partial charge in [0.2, 0.25) is 0 Å². The molecule has 96 valence electrons. The zero-order valence-corrected chi connectivity index (χ0v) is 10.8. The highest BCUT2D eigenvalue weighted by atomic mass is 16.2. The number of ketones is 1. The molecule has 0 N–H and O–H groups in total. The lowest BCUT2D eigenvalue weighted by molar-refractivity contribution is -0.117. The number of carbonyl (C=O) groups excluding carboxylic acids is 2. The number of rotatable bonds is 3. The molecule has 1 fully saturated rings. The maximum absolute atomic E-state index is 12.3. The number of pyridine rings is 1. The van der Waals surface area contributed by atoms with Crippen LogP contribution in [0.15, 0.2) is 18.2 Å². The molecule has 18 heavy (non-hydrogen) atoms. The van der Waals surface area contributed by atoms with Crippen molar-refractivity contribution in [3.8, 4) is 0 Å². The molecular formula is C14H18N2O2. The quantitative estimate of drug-likeness (QED) is 0.819. The fraction of sp³-hybridized carbons (Fsp3) is 0.500. The molecule has 0 aliphatic carbocycles. The second kappa shape index (κ2) is 5.29. The highest BCUT2D eigenvalue weighted by molar-refractivity contribution is 5.93. The molecule has 0 aromatic carbocycles. The van der Waals surface area contributed by atoms with Crippen LogP contribution in [0, 0.1) is 6.92 Å².